The van der Waals surface area contributed by atoms with Crippen LogP contribution >= 0.6 is 0 Å². The van der Waals surface area contributed by atoms with E-state index in [9.17, 15) is 4.79 Å². The monoisotopic (exact) mass is 331 g/mol. The quantitative estimate of drug-likeness (QED) is 0.914. The summed E-state index contributed by atoms with van der Waals surface area (Å²) in [6, 6.07) is 2.13. The van der Waals surface area contributed by atoms with Crippen LogP contribution in [-0.2, 0) is 4.79 Å². The van der Waals surface area contributed by atoms with E-state index in [1.807, 2.05) is 11.8 Å². The lowest BCUT2D eigenvalue weighted by Crippen LogP contribution is -2.53. The van der Waals surface area contributed by atoms with Crippen molar-refractivity contribution in [3.05, 3.63) is 17.6 Å². The van der Waals surface area contributed by atoms with Crippen LogP contribution in [0.3, 0.4) is 0 Å². The molecule has 0 aromatic carbocycles. The van der Waals surface area contributed by atoms with Crippen LogP contribution < -0.4 is 10.6 Å². The molecule has 2 aliphatic heterocycles. The van der Waals surface area contributed by atoms with Gasteiger partial charge in [-0.1, -0.05) is 0 Å². The molecule has 0 spiro atoms. The summed E-state index contributed by atoms with van der Waals surface area (Å²) in [6.45, 7) is 9.16. The normalized spacial score (nSPS) is 22.1. The van der Waals surface area contributed by atoms with Gasteiger partial charge in [0.25, 0.3) is 0 Å². The molecule has 6 nitrogen and oxygen atoms in total. The molecule has 3 rings (SSSR count). The van der Waals surface area contributed by atoms with E-state index in [2.05, 4.69) is 20.9 Å². The van der Waals surface area contributed by atoms with Crippen LogP contribution in [0.1, 0.15) is 57.0 Å². The minimum atomic E-state index is -0.815. The molecular weight excluding hydrogens is 302 g/mol. The van der Waals surface area contributed by atoms with Gasteiger partial charge in [-0.3, -0.25) is 4.79 Å². The summed E-state index contributed by atoms with van der Waals surface area (Å²) in [6.07, 6.45) is 4.52. The molecule has 1 amide bonds. The Kier molecular flexibility index (Phi) is 4.76. The number of likely N-dealkylation sites (tertiary alicyclic amines) is 1. The largest absolute Gasteiger partial charge is 0.357 e. The van der Waals surface area contributed by atoms with Crippen molar-refractivity contribution < 1.29 is 4.79 Å². The predicted molar refractivity (Wildman–Crippen MR) is 95.0 cm³/mol. The van der Waals surface area contributed by atoms with Gasteiger partial charge in [0.1, 0.15) is 11.6 Å². The topological polar surface area (TPSA) is 75.3 Å². The number of carbonyl (C=O) groups is 1. The summed E-state index contributed by atoms with van der Waals surface area (Å²) in [4.78, 5) is 26.0. The molecule has 2 fully saturated rings. The van der Waals surface area contributed by atoms with Crippen molar-refractivity contribution in [2.24, 2.45) is 5.73 Å². The van der Waals surface area contributed by atoms with E-state index < -0.39 is 5.54 Å². The van der Waals surface area contributed by atoms with Gasteiger partial charge in [-0.25, -0.2) is 9.97 Å². The summed E-state index contributed by atoms with van der Waals surface area (Å²) in [5.74, 6) is 2.15. The molecule has 6 heteroatoms. The lowest BCUT2D eigenvalue weighted by atomic mass is 9.92. The molecule has 1 aromatic rings. The summed E-state index contributed by atoms with van der Waals surface area (Å²) in [5, 5.41) is 0. The Bertz CT molecular complexity index is 604. The highest BCUT2D eigenvalue weighted by molar-refractivity contribution is 5.85. The minimum absolute atomic E-state index is 0.0257. The standard InChI is InChI=1S/C18H29N5O/c1-13-20-15(11-16(21-13)22-8-4-5-9-22)14-7-6-10-23(12-14)17(24)18(2,3)19/h11,14H,4-10,12,19H2,1-3H3. The molecule has 0 aliphatic carbocycles. The van der Waals surface area contributed by atoms with Crippen molar-refractivity contribution in [1.29, 1.82) is 0 Å². The molecule has 132 valence electrons. The first-order valence-corrected chi connectivity index (χ1v) is 9.03. The van der Waals surface area contributed by atoms with Gasteiger partial charge in [0.2, 0.25) is 5.91 Å². The van der Waals surface area contributed by atoms with Gasteiger partial charge in [0, 0.05) is 38.2 Å². The molecule has 1 atom stereocenters. The summed E-state index contributed by atoms with van der Waals surface area (Å²) < 4.78 is 0. The Labute approximate surface area is 144 Å². The highest BCUT2D eigenvalue weighted by Crippen LogP contribution is 2.29. The Morgan fingerprint density at radius 3 is 2.58 bits per heavy atom. The van der Waals surface area contributed by atoms with Gasteiger partial charge >= 0.3 is 0 Å². The van der Waals surface area contributed by atoms with Gasteiger partial charge in [0.05, 0.1) is 11.2 Å². The second kappa shape index (κ2) is 6.67. The first kappa shape index (κ1) is 17.1. The Balaban J connectivity index is 1.79. The van der Waals surface area contributed by atoms with Crippen molar-refractivity contribution >= 4 is 11.7 Å². The molecule has 2 N–H and O–H groups in total. The van der Waals surface area contributed by atoms with Crippen molar-refractivity contribution in [1.82, 2.24) is 14.9 Å². The summed E-state index contributed by atoms with van der Waals surface area (Å²) in [7, 11) is 0. The second-order valence-corrected chi connectivity index (χ2v) is 7.70. The zero-order chi connectivity index (χ0) is 17.3. The molecule has 3 heterocycles. The molecule has 1 unspecified atom stereocenters. The summed E-state index contributed by atoms with van der Waals surface area (Å²) >= 11 is 0. The molecule has 0 bridgehead atoms. The Morgan fingerprint density at radius 2 is 1.92 bits per heavy atom. The van der Waals surface area contributed by atoms with Crippen LogP contribution in [0, 0.1) is 6.92 Å². The molecule has 2 aliphatic rings. The molecular formula is C18H29N5O. The maximum absolute atomic E-state index is 12.5. The first-order valence-electron chi connectivity index (χ1n) is 9.03. The van der Waals surface area contributed by atoms with E-state index in [4.69, 9.17) is 5.73 Å². The Morgan fingerprint density at radius 1 is 1.21 bits per heavy atom. The molecule has 2 saturated heterocycles. The first-order chi connectivity index (χ1) is 11.3. The zero-order valence-corrected chi connectivity index (χ0v) is 15.1. The van der Waals surface area contributed by atoms with Gasteiger partial charge in [-0.15, -0.1) is 0 Å². The van der Waals surface area contributed by atoms with E-state index in [0.29, 0.717) is 6.54 Å². The number of hydrogen-bond donors (Lipinski definition) is 1. The predicted octanol–water partition coefficient (Wildman–Crippen LogP) is 1.83. The van der Waals surface area contributed by atoms with E-state index in [0.717, 1.165) is 49.8 Å². The average molecular weight is 331 g/mol. The average Bonchev–Trinajstić information content (AvgIpc) is 3.07. The zero-order valence-electron chi connectivity index (χ0n) is 15.1. The highest BCUT2D eigenvalue weighted by Gasteiger charge is 2.32. The van der Waals surface area contributed by atoms with Gasteiger partial charge in [-0.05, 0) is 46.5 Å². The lowest BCUT2D eigenvalue weighted by molar-refractivity contribution is -0.137. The fourth-order valence-corrected chi connectivity index (χ4v) is 3.70. The Hall–Kier alpha value is -1.69. The summed E-state index contributed by atoms with van der Waals surface area (Å²) in [5.41, 5.74) is 6.25. The lowest BCUT2D eigenvalue weighted by Gasteiger charge is -2.36. The van der Waals surface area contributed by atoms with Crippen LogP contribution in [-0.4, -0.2) is 52.5 Å². The van der Waals surface area contributed by atoms with E-state index >= 15 is 0 Å². The third-order valence-electron chi connectivity index (χ3n) is 4.95. The fourth-order valence-electron chi connectivity index (χ4n) is 3.70. The molecule has 0 saturated carbocycles. The van der Waals surface area contributed by atoms with E-state index in [-0.39, 0.29) is 11.8 Å². The smallest absolute Gasteiger partial charge is 0.242 e. The number of anilines is 1. The van der Waals surface area contributed by atoms with Crippen LogP contribution in [0.5, 0.6) is 0 Å². The van der Waals surface area contributed by atoms with Crippen molar-refractivity contribution in [3.63, 3.8) is 0 Å². The highest BCUT2D eigenvalue weighted by atomic mass is 16.2. The third kappa shape index (κ3) is 3.69. The number of nitrogens with two attached hydrogens (primary N) is 1. The second-order valence-electron chi connectivity index (χ2n) is 7.70. The van der Waals surface area contributed by atoms with Gasteiger partial charge in [-0.2, -0.15) is 0 Å². The van der Waals surface area contributed by atoms with Gasteiger partial charge in [0.15, 0.2) is 0 Å². The number of piperidine rings is 1. The van der Waals surface area contributed by atoms with Crippen LogP contribution in [0.15, 0.2) is 6.07 Å². The van der Waals surface area contributed by atoms with E-state index in [1.165, 1.54) is 12.8 Å². The number of aromatic nitrogens is 2. The van der Waals surface area contributed by atoms with Crippen LogP contribution in [0.2, 0.25) is 0 Å². The minimum Gasteiger partial charge on any atom is -0.357 e. The maximum Gasteiger partial charge on any atom is 0.242 e. The van der Waals surface area contributed by atoms with E-state index in [1.54, 1.807) is 13.8 Å². The number of nitrogens with zero attached hydrogens (tertiary/aromatic N) is 4. The van der Waals surface area contributed by atoms with Gasteiger partial charge < -0.3 is 15.5 Å². The number of rotatable bonds is 3. The van der Waals surface area contributed by atoms with Crippen LogP contribution in [0.4, 0.5) is 5.82 Å². The SMILES string of the molecule is Cc1nc(C2CCCN(C(=O)C(C)(C)N)C2)cc(N2CCCC2)n1. The number of amides is 1. The molecule has 1 aromatic heterocycles. The number of carbonyl (C=O) groups excluding carboxylic acids is 1. The molecule has 24 heavy (non-hydrogen) atoms. The number of aryl methyl sites for hydroxylation is 1. The third-order valence-corrected chi connectivity index (χ3v) is 4.95. The van der Waals surface area contributed by atoms with Crippen LogP contribution in [0.25, 0.3) is 0 Å². The molecule has 0 radical (unpaired) electrons. The van der Waals surface area contributed by atoms with Crippen molar-refractivity contribution in [2.45, 2.75) is 57.9 Å². The van der Waals surface area contributed by atoms with Crippen molar-refractivity contribution in [2.75, 3.05) is 31.1 Å². The number of hydrogen-bond acceptors (Lipinski definition) is 5. The maximum atomic E-state index is 12.5. The fraction of sp³-hybridized carbons (Fsp3) is 0.722. The van der Waals surface area contributed by atoms with Crippen molar-refractivity contribution in [3.8, 4) is 0 Å².